The summed E-state index contributed by atoms with van der Waals surface area (Å²) in [6, 6.07) is 0.789. The van der Waals surface area contributed by atoms with Crippen LogP contribution in [-0.4, -0.2) is 11.0 Å². The van der Waals surface area contributed by atoms with E-state index < -0.39 is 0 Å². The molecule has 0 aliphatic heterocycles. The minimum atomic E-state index is 0.789. The highest BCUT2D eigenvalue weighted by atomic mass is 32.1. The zero-order valence-corrected chi connectivity index (χ0v) is 8.10. The monoisotopic (exact) mass is 182 g/mol. The van der Waals surface area contributed by atoms with Crippen molar-refractivity contribution < 1.29 is 0 Å². The van der Waals surface area contributed by atoms with Gasteiger partial charge in [-0.1, -0.05) is 13.3 Å². The fraction of sp³-hybridized carbons (Fsp3) is 0.667. The SMILES string of the molecule is CCC1CC1NCc1cncs1. The van der Waals surface area contributed by atoms with E-state index in [0.717, 1.165) is 18.5 Å². The lowest BCUT2D eigenvalue weighted by atomic mass is 10.3. The fourth-order valence-electron chi connectivity index (χ4n) is 1.51. The van der Waals surface area contributed by atoms with Gasteiger partial charge in [-0.25, -0.2) is 0 Å². The van der Waals surface area contributed by atoms with E-state index in [2.05, 4.69) is 17.2 Å². The van der Waals surface area contributed by atoms with Crippen LogP contribution in [0.4, 0.5) is 0 Å². The van der Waals surface area contributed by atoms with Gasteiger partial charge >= 0.3 is 0 Å². The average molecular weight is 182 g/mol. The number of nitrogens with zero attached hydrogens (tertiary/aromatic N) is 1. The lowest BCUT2D eigenvalue weighted by Gasteiger charge is -1.99. The Balaban J connectivity index is 1.71. The number of aromatic nitrogens is 1. The first-order valence-corrected chi connectivity index (χ1v) is 5.39. The molecule has 0 aromatic carbocycles. The standard InChI is InChI=1S/C9H14N2S/c1-2-7-3-9(7)11-5-8-4-10-6-12-8/h4,6-7,9,11H,2-3,5H2,1H3. The van der Waals surface area contributed by atoms with Crippen molar-refractivity contribution in [2.45, 2.75) is 32.4 Å². The second-order valence-electron chi connectivity index (χ2n) is 3.36. The minimum Gasteiger partial charge on any atom is -0.309 e. The summed E-state index contributed by atoms with van der Waals surface area (Å²) >= 11 is 1.73. The van der Waals surface area contributed by atoms with Gasteiger partial charge in [0, 0.05) is 23.7 Å². The lowest BCUT2D eigenvalue weighted by Crippen LogP contribution is -2.16. The van der Waals surface area contributed by atoms with Gasteiger partial charge in [-0.2, -0.15) is 0 Å². The van der Waals surface area contributed by atoms with E-state index in [9.17, 15) is 0 Å². The molecule has 2 rings (SSSR count). The molecule has 1 saturated carbocycles. The van der Waals surface area contributed by atoms with Crippen LogP contribution in [0.3, 0.4) is 0 Å². The summed E-state index contributed by atoms with van der Waals surface area (Å²) in [5.41, 5.74) is 1.89. The Hall–Kier alpha value is -0.410. The molecule has 2 atom stereocenters. The summed E-state index contributed by atoms with van der Waals surface area (Å²) in [6.07, 6.45) is 4.64. The van der Waals surface area contributed by atoms with Gasteiger partial charge in [0.25, 0.3) is 0 Å². The quantitative estimate of drug-likeness (QED) is 0.770. The molecular weight excluding hydrogens is 168 g/mol. The van der Waals surface area contributed by atoms with Gasteiger partial charge in [0.15, 0.2) is 0 Å². The zero-order chi connectivity index (χ0) is 8.39. The van der Waals surface area contributed by atoms with Crippen LogP contribution in [0.2, 0.25) is 0 Å². The second-order valence-corrected chi connectivity index (χ2v) is 4.33. The van der Waals surface area contributed by atoms with Gasteiger partial charge in [-0.15, -0.1) is 11.3 Å². The van der Waals surface area contributed by atoms with Crippen molar-refractivity contribution in [1.82, 2.24) is 10.3 Å². The molecule has 1 N–H and O–H groups in total. The van der Waals surface area contributed by atoms with Gasteiger partial charge in [0.1, 0.15) is 0 Å². The third-order valence-electron chi connectivity index (χ3n) is 2.47. The molecule has 2 nitrogen and oxygen atoms in total. The van der Waals surface area contributed by atoms with Gasteiger partial charge < -0.3 is 5.32 Å². The van der Waals surface area contributed by atoms with Crippen LogP contribution in [0.25, 0.3) is 0 Å². The van der Waals surface area contributed by atoms with Crippen LogP contribution in [-0.2, 0) is 6.54 Å². The van der Waals surface area contributed by atoms with Crippen molar-refractivity contribution in [3.8, 4) is 0 Å². The van der Waals surface area contributed by atoms with Gasteiger partial charge in [-0.3, -0.25) is 4.98 Å². The predicted molar refractivity (Wildman–Crippen MR) is 51.1 cm³/mol. The number of rotatable bonds is 4. The Morgan fingerprint density at radius 3 is 3.25 bits per heavy atom. The summed E-state index contributed by atoms with van der Waals surface area (Å²) in [5, 5.41) is 3.53. The molecule has 1 aromatic rings. The van der Waals surface area contributed by atoms with Gasteiger partial charge in [-0.05, 0) is 12.3 Å². The summed E-state index contributed by atoms with van der Waals surface area (Å²) in [6.45, 7) is 3.27. The largest absolute Gasteiger partial charge is 0.309 e. The molecule has 12 heavy (non-hydrogen) atoms. The maximum Gasteiger partial charge on any atom is 0.0794 e. The number of nitrogens with one attached hydrogen (secondary N) is 1. The number of hydrogen-bond acceptors (Lipinski definition) is 3. The molecule has 0 saturated heterocycles. The molecule has 1 aliphatic rings. The van der Waals surface area contributed by atoms with Gasteiger partial charge in [0.2, 0.25) is 0 Å². The molecule has 1 aromatic heterocycles. The molecule has 0 radical (unpaired) electrons. The molecule has 1 fully saturated rings. The molecule has 0 bridgehead atoms. The lowest BCUT2D eigenvalue weighted by molar-refractivity contribution is 0.627. The Bertz CT molecular complexity index is 233. The normalized spacial score (nSPS) is 27.4. The molecule has 3 heteroatoms. The maximum atomic E-state index is 4.04. The van der Waals surface area contributed by atoms with Crippen molar-refractivity contribution in [3.05, 3.63) is 16.6 Å². The smallest absolute Gasteiger partial charge is 0.0794 e. The summed E-state index contributed by atoms with van der Waals surface area (Å²) in [4.78, 5) is 5.38. The van der Waals surface area contributed by atoms with E-state index >= 15 is 0 Å². The topological polar surface area (TPSA) is 24.9 Å². The summed E-state index contributed by atoms with van der Waals surface area (Å²) in [7, 11) is 0. The molecule has 0 spiro atoms. The van der Waals surface area contributed by atoms with Crippen molar-refractivity contribution >= 4 is 11.3 Å². The van der Waals surface area contributed by atoms with E-state index in [1.54, 1.807) is 11.3 Å². The zero-order valence-electron chi connectivity index (χ0n) is 7.29. The first-order chi connectivity index (χ1) is 5.90. The minimum absolute atomic E-state index is 0.789. The van der Waals surface area contributed by atoms with E-state index in [-0.39, 0.29) is 0 Å². The van der Waals surface area contributed by atoms with Gasteiger partial charge in [0.05, 0.1) is 5.51 Å². The number of hydrogen-bond donors (Lipinski definition) is 1. The Morgan fingerprint density at radius 2 is 2.67 bits per heavy atom. The third kappa shape index (κ3) is 1.84. The third-order valence-corrected chi connectivity index (χ3v) is 3.25. The van der Waals surface area contributed by atoms with E-state index in [0.29, 0.717) is 0 Å². The molecule has 0 amide bonds. The van der Waals surface area contributed by atoms with Crippen molar-refractivity contribution in [2.24, 2.45) is 5.92 Å². The maximum absolute atomic E-state index is 4.04. The Labute approximate surface area is 77.0 Å². The molecule has 1 heterocycles. The second kappa shape index (κ2) is 3.54. The highest BCUT2D eigenvalue weighted by molar-refractivity contribution is 7.09. The molecule has 66 valence electrons. The van der Waals surface area contributed by atoms with Crippen LogP contribution < -0.4 is 5.32 Å². The van der Waals surface area contributed by atoms with Crippen LogP contribution in [0.15, 0.2) is 11.7 Å². The first kappa shape index (κ1) is 8.20. The molecule has 1 aliphatic carbocycles. The highest BCUT2D eigenvalue weighted by Gasteiger charge is 2.34. The van der Waals surface area contributed by atoms with Crippen molar-refractivity contribution in [1.29, 1.82) is 0 Å². The summed E-state index contributed by atoms with van der Waals surface area (Å²) in [5.74, 6) is 0.943. The highest BCUT2D eigenvalue weighted by Crippen LogP contribution is 2.33. The molecular formula is C9H14N2S. The number of thiazole rings is 1. The van der Waals surface area contributed by atoms with Crippen LogP contribution >= 0.6 is 11.3 Å². The predicted octanol–water partition coefficient (Wildman–Crippen LogP) is 2.03. The van der Waals surface area contributed by atoms with E-state index in [1.165, 1.54) is 17.7 Å². The fourth-order valence-corrected chi connectivity index (χ4v) is 2.06. The van der Waals surface area contributed by atoms with E-state index in [4.69, 9.17) is 0 Å². The summed E-state index contributed by atoms with van der Waals surface area (Å²) < 4.78 is 0. The van der Waals surface area contributed by atoms with E-state index in [1.807, 2.05) is 11.7 Å². The first-order valence-electron chi connectivity index (χ1n) is 4.51. The van der Waals surface area contributed by atoms with Crippen LogP contribution in [0.1, 0.15) is 24.6 Å². The Morgan fingerprint density at radius 1 is 1.75 bits per heavy atom. The molecule has 2 unspecified atom stereocenters. The van der Waals surface area contributed by atoms with Crippen LogP contribution in [0, 0.1) is 5.92 Å². The van der Waals surface area contributed by atoms with Crippen LogP contribution in [0.5, 0.6) is 0 Å². The Kier molecular flexibility index (Phi) is 2.42. The van der Waals surface area contributed by atoms with Crippen molar-refractivity contribution in [2.75, 3.05) is 0 Å². The average Bonchev–Trinajstić information content (AvgIpc) is 2.67. The van der Waals surface area contributed by atoms with Crippen molar-refractivity contribution in [3.63, 3.8) is 0 Å².